The molecule has 134 valence electrons. The number of aryl methyl sites for hydroxylation is 1. The Morgan fingerprint density at radius 2 is 1.71 bits per heavy atom. The smallest absolute Gasteiger partial charge is 0.240 e. The molecule has 5 nitrogen and oxygen atoms in total. The number of rotatable bonds is 5. The van der Waals surface area contributed by atoms with Gasteiger partial charge in [0.15, 0.2) is 0 Å². The Balaban J connectivity index is 1.74. The van der Waals surface area contributed by atoms with Gasteiger partial charge >= 0.3 is 0 Å². The van der Waals surface area contributed by atoms with Crippen molar-refractivity contribution in [3.63, 3.8) is 0 Å². The molecule has 0 unspecified atom stereocenters. The second-order valence-electron chi connectivity index (χ2n) is 7.02. The van der Waals surface area contributed by atoms with E-state index in [2.05, 4.69) is 9.62 Å². The third kappa shape index (κ3) is 3.99. The molecule has 1 aliphatic heterocycles. The van der Waals surface area contributed by atoms with E-state index in [1.807, 2.05) is 19.1 Å². The lowest BCUT2D eigenvalue weighted by atomic mass is 9.80. The monoisotopic (exact) mass is 352 g/mol. The molecule has 1 aromatic carbocycles. The third-order valence-corrected chi connectivity index (χ3v) is 6.81. The Hall–Kier alpha value is -0.950. The molecule has 0 amide bonds. The van der Waals surface area contributed by atoms with Gasteiger partial charge in [-0.05, 0) is 31.9 Å². The van der Waals surface area contributed by atoms with E-state index < -0.39 is 10.0 Å². The predicted octanol–water partition coefficient (Wildman–Crippen LogP) is 2.31. The van der Waals surface area contributed by atoms with Crippen molar-refractivity contribution >= 4 is 10.0 Å². The zero-order valence-corrected chi connectivity index (χ0v) is 15.3. The minimum absolute atomic E-state index is 0.0558. The van der Waals surface area contributed by atoms with Crippen molar-refractivity contribution in [2.75, 3.05) is 32.8 Å². The lowest BCUT2D eigenvalue weighted by Gasteiger charge is -2.48. The van der Waals surface area contributed by atoms with Crippen LogP contribution in [0.5, 0.6) is 0 Å². The van der Waals surface area contributed by atoms with Crippen LogP contribution in [0.15, 0.2) is 29.2 Å². The van der Waals surface area contributed by atoms with Crippen LogP contribution in [0.1, 0.15) is 37.7 Å². The maximum absolute atomic E-state index is 12.7. The second-order valence-corrected chi connectivity index (χ2v) is 8.79. The van der Waals surface area contributed by atoms with E-state index in [0.717, 1.165) is 44.7 Å². The van der Waals surface area contributed by atoms with E-state index in [1.165, 1.54) is 19.3 Å². The van der Waals surface area contributed by atoms with Gasteiger partial charge in [-0.1, -0.05) is 37.0 Å². The maximum Gasteiger partial charge on any atom is 0.240 e. The van der Waals surface area contributed by atoms with E-state index in [0.29, 0.717) is 11.4 Å². The first kappa shape index (κ1) is 17.9. The van der Waals surface area contributed by atoms with E-state index in [1.54, 1.807) is 12.1 Å². The quantitative estimate of drug-likeness (QED) is 0.883. The van der Waals surface area contributed by atoms with Gasteiger partial charge in [-0.3, -0.25) is 4.90 Å². The molecule has 1 saturated carbocycles. The third-order valence-electron chi connectivity index (χ3n) is 5.39. The van der Waals surface area contributed by atoms with E-state index in [9.17, 15) is 8.42 Å². The molecule has 0 bridgehead atoms. The summed E-state index contributed by atoms with van der Waals surface area (Å²) in [5, 5.41) is 0. The first-order valence-corrected chi connectivity index (χ1v) is 10.4. The van der Waals surface area contributed by atoms with Gasteiger partial charge in [-0.2, -0.15) is 0 Å². The lowest BCUT2D eigenvalue weighted by Crippen LogP contribution is -2.59. The van der Waals surface area contributed by atoms with E-state index >= 15 is 0 Å². The van der Waals surface area contributed by atoms with Gasteiger partial charge in [-0.15, -0.1) is 0 Å². The van der Waals surface area contributed by atoms with Crippen LogP contribution in [0.2, 0.25) is 0 Å². The highest BCUT2D eigenvalue weighted by atomic mass is 32.2. The topological polar surface area (TPSA) is 58.6 Å². The number of hydrogen-bond acceptors (Lipinski definition) is 4. The van der Waals surface area contributed by atoms with Crippen LogP contribution in [-0.2, 0) is 14.8 Å². The van der Waals surface area contributed by atoms with Gasteiger partial charge in [0.25, 0.3) is 0 Å². The molecule has 1 aliphatic carbocycles. The van der Waals surface area contributed by atoms with Gasteiger partial charge < -0.3 is 4.74 Å². The molecule has 1 aromatic rings. The number of morpholine rings is 1. The van der Waals surface area contributed by atoms with Crippen molar-refractivity contribution in [2.45, 2.75) is 49.5 Å². The lowest BCUT2D eigenvalue weighted by molar-refractivity contribution is -0.0348. The molecule has 2 fully saturated rings. The van der Waals surface area contributed by atoms with Crippen molar-refractivity contribution in [1.29, 1.82) is 0 Å². The number of sulfonamides is 1. The van der Waals surface area contributed by atoms with Gasteiger partial charge in [-0.25, -0.2) is 13.1 Å². The summed E-state index contributed by atoms with van der Waals surface area (Å²) in [6.45, 7) is 5.72. The molecule has 0 radical (unpaired) electrons. The fourth-order valence-corrected chi connectivity index (χ4v) is 5.00. The van der Waals surface area contributed by atoms with E-state index in [-0.39, 0.29) is 5.54 Å². The molecule has 0 aromatic heterocycles. The van der Waals surface area contributed by atoms with Crippen molar-refractivity contribution < 1.29 is 13.2 Å². The van der Waals surface area contributed by atoms with Crippen LogP contribution in [-0.4, -0.2) is 51.7 Å². The van der Waals surface area contributed by atoms with Crippen molar-refractivity contribution in [3.8, 4) is 0 Å². The van der Waals surface area contributed by atoms with Gasteiger partial charge in [0, 0.05) is 25.2 Å². The summed E-state index contributed by atoms with van der Waals surface area (Å²) in [6, 6.07) is 7.04. The highest BCUT2D eigenvalue weighted by molar-refractivity contribution is 7.89. The molecular formula is C18H28N2O3S. The summed E-state index contributed by atoms with van der Waals surface area (Å²) in [7, 11) is -3.46. The first-order valence-electron chi connectivity index (χ1n) is 8.91. The molecule has 1 heterocycles. The molecule has 1 N–H and O–H groups in total. The summed E-state index contributed by atoms with van der Waals surface area (Å²) in [6.07, 6.45) is 5.71. The van der Waals surface area contributed by atoms with Crippen LogP contribution in [0.25, 0.3) is 0 Å². The molecule has 24 heavy (non-hydrogen) atoms. The predicted molar refractivity (Wildman–Crippen MR) is 94.6 cm³/mol. The molecular weight excluding hydrogens is 324 g/mol. The summed E-state index contributed by atoms with van der Waals surface area (Å²) in [5.41, 5.74) is 1.01. The minimum Gasteiger partial charge on any atom is -0.379 e. The van der Waals surface area contributed by atoms with E-state index in [4.69, 9.17) is 4.74 Å². The van der Waals surface area contributed by atoms with Crippen LogP contribution < -0.4 is 4.72 Å². The van der Waals surface area contributed by atoms with Gasteiger partial charge in [0.05, 0.1) is 18.1 Å². The average molecular weight is 353 g/mol. The average Bonchev–Trinajstić information content (AvgIpc) is 2.62. The standard InChI is InChI=1S/C18H28N2O3S/c1-16-5-7-17(8-6-16)24(21,22)19-15-18(9-3-2-4-10-18)20-11-13-23-14-12-20/h5-8,19H,2-4,9-15H2,1H3. The van der Waals surface area contributed by atoms with Crippen molar-refractivity contribution in [3.05, 3.63) is 29.8 Å². The zero-order chi connectivity index (χ0) is 17.0. The molecule has 0 atom stereocenters. The summed E-state index contributed by atoms with van der Waals surface area (Å²) < 4.78 is 33.7. The largest absolute Gasteiger partial charge is 0.379 e. The first-order chi connectivity index (χ1) is 11.5. The summed E-state index contributed by atoms with van der Waals surface area (Å²) >= 11 is 0. The van der Waals surface area contributed by atoms with Gasteiger partial charge in [0.2, 0.25) is 10.0 Å². The number of ether oxygens (including phenoxy) is 1. The summed E-state index contributed by atoms with van der Waals surface area (Å²) in [5.74, 6) is 0. The minimum atomic E-state index is -3.46. The van der Waals surface area contributed by atoms with Crippen LogP contribution in [0, 0.1) is 6.92 Å². The molecule has 0 spiro atoms. The number of nitrogens with one attached hydrogen (secondary N) is 1. The fraction of sp³-hybridized carbons (Fsp3) is 0.667. The highest BCUT2D eigenvalue weighted by Gasteiger charge is 2.39. The number of hydrogen-bond donors (Lipinski definition) is 1. The second kappa shape index (κ2) is 7.52. The molecule has 2 aliphatic rings. The molecule has 3 rings (SSSR count). The Bertz CT molecular complexity index is 631. The maximum atomic E-state index is 12.7. The summed E-state index contributed by atoms with van der Waals surface area (Å²) in [4.78, 5) is 2.80. The van der Waals surface area contributed by atoms with Crippen LogP contribution >= 0.6 is 0 Å². The Kier molecular flexibility index (Phi) is 5.59. The van der Waals surface area contributed by atoms with Crippen LogP contribution in [0.4, 0.5) is 0 Å². The molecule has 1 saturated heterocycles. The SMILES string of the molecule is Cc1ccc(S(=O)(=O)NCC2(N3CCOCC3)CCCCC2)cc1. The van der Waals surface area contributed by atoms with Crippen molar-refractivity contribution in [2.24, 2.45) is 0 Å². The Labute approximate surface area is 145 Å². The Morgan fingerprint density at radius 3 is 2.33 bits per heavy atom. The van der Waals surface area contributed by atoms with Crippen molar-refractivity contribution in [1.82, 2.24) is 9.62 Å². The normalized spacial score (nSPS) is 22.4. The van der Waals surface area contributed by atoms with Gasteiger partial charge in [0.1, 0.15) is 0 Å². The number of nitrogens with zero attached hydrogens (tertiary/aromatic N) is 1. The Morgan fingerprint density at radius 1 is 1.08 bits per heavy atom. The fourth-order valence-electron chi connectivity index (χ4n) is 3.88. The highest BCUT2D eigenvalue weighted by Crippen LogP contribution is 2.34. The number of benzene rings is 1. The molecule has 6 heteroatoms. The zero-order valence-electron chi connectivity index (χ0n) is 14.5. The van der Waals surface area contributed by atoms with Crippen LogP contribution in [0.3, 0.4) is 0 Å².